The summed E-state index contributed by atoms with van der Waals surface area (Å²) >= 11 is 0. The first-order valence-electron chi connectivity index (χ1n) is 7.70. The van der Waals surface area contributed by atoms with Crippen LogP contribution in [-0.4, -0.2) is 38.9 Å². The van der Waals surface area contributed by atoms with Gasteiger partial charge in [-0.25, -0.2) is 0 Å². The van der Waals surface area contributed by atoms with Gasteiger partial charge in [-0.2, -0.15) is 0 Å². The third-order valence-electron chi connectivity index (χ3n) is 4.68. The van der Waals surface area contributed by atoms with Crippen molar-refractivity contribution in [2.75, 3.05) is 32.8 Å². The van der Waals surface area contributed by atoms with Gasteiger partial charge < -0.3 is 15.4 Å². The molecule has 1 unspecified atom stereocenters. The summed E-state index contributed by atoms with van der Waals surface area (Å²) in [5, 5.41) is 7.15. The Morgan fingerprint density at radius 2 is 2.00 bits per heavy atom. The molecular weight excluding hydrogens is 224 g/mol. The van der Waals surface area contributed by atoms with Crippen LogP contribution in [0.1, 0.15) is 46.0 Å². The molecule has 1 atom stereocenters. The fourth-order valence-electron chi connectivity index (χ4n) is 3.35. The molecule has 1 saturated heterocycles. The molecule has 0 radical (unpaired) electrons. The number of morpholine rings is 1. The van der Waals surface area contributed by atoms with Crippen LogP contribution >= 0.6 is 0 Å². The minimum Gasteiger partial charge on any atom is -0.378 e. The second-order valence-corrected chi connectivity index (χ2v) is 6.68. The molecule has 0 spiro atoms. The Labute approximate surface area is 112 Å². The number of ether oxygens (including phenoxy) is 1. The Morgan fingerprint density at radius 3 is 2.67 bits per heavy atom. The number of hydrogen-bond donors (Lipinski definition) is 2. The van der Waals surface area contributed by atoms with Crippen molar-refractivity contribution in [3.05, 3.63) is 0 Å². The second-order valence-electron chi connectivity index (χ2n) is 6.68. The van der Waals surface area contributed by atoms with Gasteiger partial charge >= 0.3 is 0 Å². The molecule has 0 aromatic rings. The van der Waals surface area contributed by atoms with Crippen LogP contribution in [-0.2, 0) is 4.74 Å². The summed E-state index contributed by atoms with van der Waals surface area (Å²) in [5.74, 6) is 0.911. The summed E-state index contributed by atoms with van der Waals surface area (Å²) in [5.41, 5.74) is 0.440. The SMILES string of the molecule is CC(C)(CNCC1COCCN1)C1CCCCC1. The Morgan fingerprint density at radius 1 is 1.22 bits per heavy atom. The van der Waals surface area contributed by atoms with E-state index in [1.165, 1.54) is 32.1 Å². The van der Waals surface area contributed by atoms with E-state index in [0.29, 0.717) is 11.5 Å². The minimum absolute atomic E-state index is 0.440. The van der Waals surface area contributed by atoms with Crippen molar-refractivity contribution in [1.29, 1.82) is 0 Å². The van der Waals surface area contributed by atoms with Crippen molar-refractivity contribution in [3.63, 3.8) is 0 Å². The van der Waals surface area contributed by atoms with E-state index < -0.39 is 0 Å². The van der Waals surface area contributed by atoms with E-state index in [9.17, 15) is 0 Å². The van der Waals surface area contributed by atoms with Gasteiger partial charge in [0.25, 0.3) is 0 Å². The largest absolute Gasteiger partial charge is 0.378 e. The van der Waals surface area contributed by atoms with E-state index in [-0.39, 0.29) is 0 Å². The van der Waals surface area contributed by atoms with Crippen LogP contribution in [0.3, 0.4) is 0 Å². The van der Waals surface area contributed by atoms with Gasteiger partial charge in [0.05, 0.1) is 13.2 Å². The molecule has 2 N–H and O–H groups in total. The molecular formula is C15H30N2O. The predicted octanol–water partition coefficient (Wildman–Crippen LogP) is 2.17. The van der Waals surface area contributed by atoms with Gasteiger partial charge in [0, 0.05) is 25.7 Å². The molecule has 0 amide bonds. The Balaban J connectivity index is 1.67. The van der Waals surface area contributed by atoms with Gasteiger partial charge in [-0.3, -0.25) is 0 Å². The summed E-state index contributed by atoms with van der Waals surface area (Å²) in [6.07, 6.45) is 7.18. The van der Waals surface area contributed by atoms with Crippen LogP contribution in [0.4, 0.5) is 0 Å². The monoisotopic (exact) mass is 254 g/mol. The molecule has 0 aromatic carbocycles. The van der Waals surface area contributed by atoms with Crippen molar-refractivity contribution in [2.45, 2.75) is 52.0 Å². The molecule has 1 saturated carbocycles. The molecule has 18 heavy (non-hydrogen) atoms. The molecule has 1 aliphatic carbocycles. The zero-order valence-electron chi connectivity index (χ0n) is 12.1. The Bertz CT molecular complexity index is 231. The van der Waals surface area contributed by atoms with Crippen molar-refractivity contribution in [1.82, 2.24) is 10.6 Å². The smallest absolute Gasteiger partial charge is 0.0632 e. The van der Waals surface area contributed by atoms with E-state index >= 15 is 0 Å². The average Bonchev–Trinajstić information content (AvgIpc) is 2.41. The van der Waals surface area contributed by atoms with E-state index in [1.54, 1.807) is 0 Å². The van der Waals surface area contributed by atoms with Gasteiger partial charge in [0.1, 0.15) is 0 Å². The number of rotatable bonds is 5. The highest BCUT2D eigenvalue weighted by molar-refractivity contribution is 4.84. The third-order valence-corrected chi connectivity index (χ3v) is 4.68. The van der Waals surface area contributed by atoms with Crippen molar-refractivity contribution in [3.8, 4) is 0 Å². The van der Waals surface area contributed by atoms with Gasteiger partial charge in [0.15, 0.2) is 0 Å². The zero-order valence-corrected chi connectivity index (χ0v) is 12.1. The van der Waals surface area contributed by atoms with Crippen LogP contribution in [0.5, 0.6) is 0 Å². The van der Waals surface area contributed by atoms with Crippen LogP contribution < -0.4 is 10.6 Å². The van der Waals surface area contributed by atoms with Crippen molar-refractivity contribution < 1.29 is 4.74 Å². The number of nitrogens with one attached hydrogen (secondary N) is 2. The fourth-order valence-corrected chi connectivity index (χ4v) is 3.35. The van der Waals surface area contributed by atoms with Crippen molar-refractivity contribution >= 4 is 0 Å². The molecule has 0 bridgehead atoms. The minimum atomic E-state index is 0.440. The predicted molar refractivity (Wildman–Crippen MR) is 75.8 cm³/mol. The molecule has 3 heteroatoms. The second kappa shape index (κ2) is 6.88. The van der Waals surface area contributed by atoms with Crippen LogP contribution in [0, 0.1) is 11.3 Å². The highest BCUT2D eigenvalue weighted by Gasteiger charge is 2.30. The van der Waals surface area contributed by atoms with Gasteiger partial charge in [0.2, 0.25) is 0 Å². The highest BCUT2D eigenvalue weighted by Crippen LogP contribution is 2.37. The molecule has 3 nitrogen and oxygen atoms in total. The Kier molecular flexibility index (Phi) is 5.46. The standard InChI is InChI=1S/C15H30N2O/c1-15(2,13-6-4-3-5-7-13)12-16-10-14-11-18-9-8-17-14/h13-14,16-17H,3-12H2,1-2H3. The van der Waals surface area contributed by atoms with Gasteiger partial charge in [-0.1, -0.05) is 33.1 Å². The first kappa shape index (κ1) is 14.3. The van der Waals surface area contributed by atoms with E-state index in [0.717, 1.165) is 38.8 Å². The lowest BCUT2D eigenvalue weighted by molar-refractivity contribution is 0.0741. The summed E-state index contributed by atoms with van der Waals surface area (Å²) in [7, 11) is 0. The lowest BCUT2D eigenvalue weighted by atomic mass is 9.71. The summed E-state index contributed by atoms with van der Waals surface area (Å²) in [6, 6.07) is 0.501. The zero-order chi connectivity index (χ0) is 12.8. The van der Waals surface area contributed by atoms with E-state index in [1.807, 2.05) is 0 Å². The van der Waals surface area contributed by atoms with Gasteiger partial charge in [-0.15, -0.1) is 0 Å². The first-order valence-corrected chi connectivity index (χ1v) is 7.70. The van der Waals surface area contributed by atoms with Crippen LogP contribution in [0.25, 0.3) is 0 Å². The third kappa shape index (κ3) is 4.22. The summed E-state index contributed by atoms with van der Waals surface area (Å²) in [4.78, 5) is 0. The average molecular weight is 254 g/mol. The van der Waals surface area contributed by atoms with E-state index in [4.69, 9.17) is 4.74 Å². The lowest BCUT2D eigenvalue weighted by Gasteiger charge is -2.38. The highest BCUT2D eigenvalue weighted by atomic mass is 16.5. The Hall–Kier alpha value is -0.120. The number of hydrogen-bond acceptors (Lipinski definition) is 3. The maximum atomic E-state index is 5.48. The normalized spacial score (nSPS) is 27.3. The quantitative estimate of drug-likeness (QED) is 0.789. The molecule has 1 aliphatic heterocycles. The maximum absolute atomic E-state index is 5.48. The maximum Gasteiger partial charge on any atom is 0.0632 e. The lowest BCUT2D eigenvalue weighted by Crippen LogP contribution is -2.49. The molecule has 2 rings (SSSR count). The van der Waals surface area contributed by atoms with E-state index in [2.05, 4.69) is 24.5 Å². The molecule has 2 aliphatic rings. The summed E-state index contributed by atoms with van der Waals surface area (Å²) in [6.45, 7) is 9.76. The van der Waals surface area contributed by atoms with Crippen LogP contribution in [0.2, 0.25) is 0 Å². The van der Waals surface area contributed by atoms with Gasteiger partial charge in [-0.05, 0) is 24.2 Å². The van der Waals surface area contributed by atoms with Crippen LogP contribution in [0.15, 0.2) is 0 Å². The molecule has 1 heterocycles. The van der Waals surface area contributed by atoms with Crippen molar-refractivity contribution in [2.24, 2.45) is 11.3 Å². The molecule has 0 aromatic heterocycles. The molecule has 2 fully saturated rings. The fraction of sp³-hybridized carbons (Fsp3) is 1.00. The molecule has 106 valence electrons. The first-order chi connectivity index (χ1) is 8.68. The summed E-state index contributed by atoms with van der Waals surface area (Å²) < 4.78 is 5.48. The topological polar surface area (TPSA) is 33.3 Å².